The summed E-state index contributed by atoms with van der Waals surface area (Å²) in [6, 6.07) is 26.6. The molecule has 0 amide bonds. The predicted molar refractivity (Wildman–Crippen MR) is 137 cm³/mol. The molecule has 0 bridgehead atoms. The van der Waals surface area contributed by atoms with Gasteiger partial charge in [-0.25, -0.2) is 0 Å². The Hall–Kier alpha value is -3.72. The van der Waals surface area contributed by atoms with Gasteiger partial charge in [0.2, 0.25) is 0 Å². The molecular formula is C31H23NO2. The van der Waals surface area contributed by atoms with E-state index in [1.807, 2.05) is 0 Å². The van der Waals surface area contributed by atoms with Crippen molar-refractivity contribution in [2.45, 2.75) is 37.6 Å². The van der Waals surface area contributed by atoms with Gasteiger partial charge in [-0.15, -0.1) is 0 Å². The molecule has 34 heavy (non-hydrogen) atoms. The van der Waals surface area contributed by atoms with Crippen molar-refractivity contribution in [1.29, 1.82) is 0 Å². The van der Waals surface area contributed by atoms with Crippen molar-refractivity contribution < 1.29 is 8.83 Å². The Labute approximate surface area is 196 Å². The maximum Gasteiger partial charge on any atom is 0.159 e. The Morgan fingerprint density at radius 2 is 1.12 bits per heavy atom. The average molecular weight is 442 g/mol. The van der Waals surface area contributed by atoms with Crippen LogP contribution in [0.5, 0.6) is 0 Å². The third kappa shape index (κ3) is 1.94. The number of anilines is 2. The molecule has 1 saturated carbocycles. The van der Waals surface area contributed by atoms with Crippen molar-refractivity contribution in [3.8, 4) is 0 Å². The van der Waals surface area contributed by atoms with Gasteiger partial charge in [-0.05, 0) is 42.0 Å². The van der Waals surface area contributed by atoms with Crippen LogP contribution in [0, 0.1) is 5.92 Å². The molecule has 2 aliphatic heterocycles. The van der Waals surface area contributed by atoms with Gasteiger partial charge in [-0.3, -0.25) is 0 Å². The molecule has 0 saturated heterocycles. The number of para-hydroxylation sites is 2. The molecule has 9 rings (SSSR count). The van der Waals surface area contributed by atoms with Crippen LogP contribution in [0.3, 0.4) is 0 Å². The Bertz CT molecular complexity index is 1690. The zero-order valence-corrected chi connectivity index (χ0v) is 18.9. The van der Waals surface area contributed by atoms with Crippen LogP contribution in [0.15, 0.2) is 81.6 Å². The van der Waals surface area contributed by atoms with Crippen LogP contribution in [0.25, 0.3) is 43.9 Å². The maximum absolute atomic E-state index is 6.59. The minimum absolute atomic E-state index is 0.443. The van der Waals surface area contributed by atoms with E-state index in [-0.39, 0.29) is 0 Å². The minimum atomic E-state index is 0.443. The number of nitrogens with zero attached hydrogens (tertiary/aromatic N) is 1. The summed E-state index contributed by atoms with van der Waals surface area (Å²) >= 11 is 0. The molecule has 0 radical (unpaired) electrons. The van der Waals surface area contributed by atoms with Gasteiger partial charge >= 0.3 is 0 Å². The standard InChI is InChI=1S/C31H23NO2/c1-16-14-23-19-10-12-21-17-6-2-4-8-25(17)33-30(21)28(19)32-27(23)24(15-16)20-11-13-22-18-7-3-5-9-26(18)34-31(22)29(20)32/h2-13,16,23-24,27H,14-15H2,1H3. The summed E-state index contributed by atoms with van der Waals surface area (Å²) in [5.74, 6) is 1.74. The smallest absolute Gasteiger partial charge is 0.159 e. The van der Waals surface area contributed by atoms with Crippen molar-refractivity contribution in [1.82, 2.24) is 0 Å². The highest BCUT2D eigenvalue weighted by Gasteiger charge is 2.54. The summed E-state index contributed by atoms with van der Waals surface area (Å²) < 4.78 is 13.2. The summed E-state index contributed by atoms with van der Waals surface area (Å²) in [6.07, 6.45) is 2.46. The third-order valence-corrected chi connectivity index (χ3v) is 8.82. The third-order valence-electron chi connectivity index (χ3n) is 8.82. The van der Waals surface area contributed by atoms with Gasteiger partial charge in [0.25, 0.3) is 0 Å². The Kier molecular flexibility index (Phi) is 3.05. The molecule has 2 unspecified atom stereocenters. The van der Waals surface area contributed by atoms with Crippen LogP contribution in [-0.2, 0) is 0 Å². The first-order chi connectivity index (χ1) is 16.8. The molecule has 164 valence electrons. The van der Waals surface area contributed by atoms with Crippen molar-refractivity contribution >= 4 is 55.3 Å². The molecule has 1 fully saturated rings. The van der Waals surface area contributed by atoms with E-state index in [9.17, 15) is 0 Å². The quantitative estimate of drug-likeness (QED) is 0.236. The lowest BCUT2D eigenvalue weighted by atomic mass is 9.70. The zero-order valence-electron chi connectivity index (χ0n) is 18.9. The topological polar surface area (TPSA) is 29.5 Å². The molecule has 3 nitrogen and oxygen atoms in total. The van der Waals surface area contributed by atoms with E-state index in [1.54, 1.807) is 0 Å². The van der Waals surface area contributed by atoms with Crippen molar-refractivity contribution in [2.24, 2.45) is 5.92 Å². The second kappa shape index (κ2) is 5.85. The van der Waals surface area contributed by atoms with Gasteiger partial charge in [-0.2, -0.15) is 0 Å². The Morgan fingerprint density at radius 3 is 1.65 bits per heavy atom. The lowest BCUT2D eigenvalue weighted by Gasteiger charge is -2.36. The predicted octanol–water partition coefficient (Wildman–Crippen LogP) is 8.62. The highest BCUT2D eigenvalue weighted by molar-refractivity contribution is 6.15. The molecule has 1 aliphatic carbocycles. The van der Waals surface area contributed by atoms with Gasteiger partial charge in [0.1, 0.15) is 11.2 Å². The molecule has 3 aliphatic rings. The number of hydrogen-bond donors (Lipinski definition) is 0. The van der Waals surface area contributed by atoms with Gasteiger partial charge < -0.3 is 13.7 Å². The average Bonchev–Trinajstić information content (AvgIpc) is 3.59. The van der Waals surface area contributed by atoms with Crippen LogP contribution >= 0.6 is 0 Å². The first-order valence-corrected chi connectivity index (χ1v) is 12.5. The summed E-state index contributed by atoms with van der Waals surface area (Å²) in [7, 11) is 0. The highest BCUT2D eigenvalue weighted by Crippen LogP contribution is 2.65. The van der Waals surface area contributed by atoms with E-state index in [4.69, 9.17) is 8.83 Å². The summed E-state index contributed by atoms with van der Waals surface area (Å²) in [4.78, 5) is 2.63. The van der Waals surface area contributed by atoms with E-state index >= 15 is 0 Å². The minimum Gasteiger partial charge on any atom is -0.454 e. The van der Waals surface area contributed by atoms with E-state index < -0.39 is 0 Å². The van der Waals surface area contributed by atoms with Crippen molar-refractivity contribution in [2.75, 3.05) is 4.90 Å². The first kappa shape index (κ1) is 17.7. The molecule has 0 N–H and O–H groups in total. The molecule has 2 atom stereocenters. The molecule has 4 aromatic carbocycles. The number of hydrogen-bond acceptors (Lipinski definition) is 3. The number of fused-ring (bicyclic) bond motifs is 14. The van der Waals surface area contributed by atoms with Gasteiger partial charge in [0, 0.05) is 39.4 Å². The fraction of sp³-hybridized carbons (Fsp3) is 0.226. The Morgan fingerprint density at radius 1 is 0.618 bits per heavy atom. The Balaban J connectivity index is 1.43. The van der Waals surface area contributed by atoms with E-state index in [0.717, 1.165) is 22.3 Å². The molecule has 4 heterocycles. The van der Waals surface area contributed by atoms with E-state index in [0.29, 0.717) is 23.8 Å². The number of benzene rings is 4. The van der Waals surface area contributed by atoms with E-state index in [2.05, 4.69) is 84.6 Å². The van der Waals surface area contributed by atoms with Crippen LogP contribution in [0.2, 0.25) is 0 Å². The van der Waals surface area contributed by atoms with Crippen molar-refractivity contribution in [3.63, 3.8) is 0 Å². The first-order valence-electron chi connectivity index (χ1n) is 12.5. The van der Waals surface area contributed by atoms with Gasteiger partial charge in [0.05, 0.1) is 11.4 Å². The van der Waals surface area contributed by atoms with Crippen LogP contribution in [-0.4, -0.2) is 6.04 Å². The molecular weight excluding hydrogens is 418 g/mol. The highest BCUT2D eigenvalue weighted by atomic mass is 16.3. The fourth-order valence-electron chi connectivity index (χ4n) is 7.59. The lowest BCUT2D eigenvalue weighted by molar-refractivity contribution is 0.292. The zero-order chi connectivity index (χ0) is 22.1. The molecule has 6 aromatic rings. The molecule has 3 heteroatoms. The largest absolute Gasteiger partial charge is 0.454 e. The normalized spacial score (nSPS) is 24.9. The van der Waals surface area contributed by atoms with Gasteiger partial charge in [-0.1, -0.05) is 67.6 Å². The maximum atomic E-state index is 6.59. The number of furan rings is 2. The van der Waals surface area contributed by atoms with Crippen molar-refractivity contribution in [3.05, 3.63) is 83.9 Å². The van der Waals surface area contributed by atoms with Crippen LogP contribution in [0.4, 0.5) is 11.4 Å². The van der Waals surface area contributed by atoms with E-state index in [1.165, 1.54) is 56.9 Å². The lowest BCUT2D eigenvalue weighted by Crippen LogP contribution is -2.35. The monoisotopic (exact) mass is 441 g/mol. The fourth-order valence-corrected chi connectivity index (χ4v) is 7.59. The second-order valence-corrected chi connectivity index (χ2v) is 10.6. The summed E-state index contributed by atoms with van der Waals surface area (Å²) in [6.45, 7) is 2.43. The van der Waals surface area contributed by atoms with Crippen LogP contribution < -0.4 is 4.90 Å². The SMILES string of the molecule is CC1CC2c3ccc4c(oc5ccccc54)c3N3c4c(ccc5c4oc4ccccc45)C(C1)C23. The molecule has 0 spiro atoms. The van der Waals surface area contributed by atoms with Crippen LogP contribution in [0.1, 0.15) is 42.7 Å². The van der Waals surface area contributed by atoms with Gasteiger partial charge in [0.15, 0.2) is 11.2 Å². The molecule has 2 aromatic heterocycles. The number of rotatable bonds is 0. The summed E-state index contributed by atoms with van der Waals surface area (Å²) in [5, 5.41) is 4.81. The second-order valence-electron chi connectivity index (χ2n) is 10.6. The summed E-state index contributed by atoms with van der Waals surface area (Å²) in [5.41, 5.74) is 9.43.